The van der Waals surface area contributed by atoms with Crippen LogP contribution in [-0.4, -0.2) is 59.7 Å². The minimum Gasteiger partial charge on any atom is -0.445 e. The molecule has 46 heavy (non-hydrogen) atoms. The first-order valence-corrected chi connectivity index (χ1v) is 15.9. The molecule has 3 atom stereocenters. The summed E-state index contributed by atoms with van der Waals surface area (Å²) in [7, 11) is 0. The van der Waals surface area contributed by atoms with Crippen molar-refractivity contribution in [2.24, 2.45) is 17.8 Å². The predicted molar refractivity (Wildman–Crippen MR) is 175 cm³/mol. The Balaban J connectivity index is 1.30. The molecule has 1 aliphatic heterocycles. The molecule has 4 amide bonds. The van der Waals surface area contributed by atoms with E-state index in [1.807, 2.05) is 93.6 Å². The van der Waals surface area contributed by atoms with Gasteiger partial charge in [-0.3, -0.25) is 19.2 Å². The summed E-state index contributed by atoms with van der Waals surface area (Å²) in [5, 5.41) is 10.5. The molecule has 0 aliphatic carbocycles. The van der Waals surface area contributed by atoms with Crippen molar-refractivity contribution in [1.29, 1.82) is 0 Å². The van der Waals surface area contributed by atoms with E-state index in [0.717, 1.165) is 21.9 Å². The summed E-state index contributed by atoms with van der Waals surface area (Å²) < 4.78 is 5.30. The molecule has 1 saturated heterocycles. The standard InChI is InChI=1S/C36H44N4O6/c1-5-24(4)31(39-34(43)30(17-23(2)3)38-36(45)46-22-25-11-7-6-8-12-25)32(41)35(44)40-20-29(21-40)33(42)37-19-26-15-16-27-13-9-10-14-28(27)18-26/h6-16,18,23-24,29-31H,5,17,19-22H2,1-4H3,(H,37,42)(H,38,45)(H,39,43)/t24-,30-,31?/m0/s1. The molecule has 3 aromatic carbocycles. The van der Waals surface area contributed by atoms with Gasteiger partial charge in [0.05, 0.1) is 12.0 Å². The number of amides is 4. The molecule has 4 rings (SSSR count). The largest absolute Gasteiger partial charge is 0.445 e. The Morgan fingerprint density at radius 3 is 2.20 bits per heavy atom. The van der Waals surface area contributed by atoms with Crippen molar-refractivity contribution in [2.75, 3.05) is 13.1 Å². The fraction of sp³-hybridized carbons (Fsp3) is 0.417. The smallest absolute Gasteiger partial charge is 0.408 e. The van der Waals surface area contributed by atoms with E-state index in [4.69, 9.17) is 4.74 Å². The number of alkyl carbamates (subject to hydrolysis) is 1. The van der Waals surface area contributed by atoms with Crippen molar-refractivity contribution in [1.82, 2.24) is 20.9 Å². The third-order valence-corrected chi connectivity index (χ3v) is 8.35. The van der Waals surface area contributed by atoms with Crippen molar-refractivity contribution in [2.45, 2.75) is 65.8 Å². The van der Waals surface area contributed by atoms with Crippen LogP contribution < -0.4 is 16.0 Å². The fourth-order valence-corrected chi connectivity index (χ4v) is 5.35. The van der Waals surface area contributed by atoms with Gasteiger partial charge in [0.2, 0.25) is 17.6 Å². The van der Waals surface area contributed by atoms with Gasteiger partial charge in [-0.05, 0) is 46.2 Å². The molecular weight excluding hydrogens is 584 g/mol. The molecule has 10 nitrogen and oxygen atoms in total. The van der Waals surface area contributed by atoms with Crippen molar-refractivity contribution < 1.29 is 28.7 Å². The number of ketones is 1. The maximum atomic E-state index is 13.4. The number of ether oxygens (including phenoxy) is 1. The Morgan fingerprint density at radius 1 is 0.848 bits per heavy atom. The number of carbonyl (C=O) groups is 5. The van der Waals surface area contributed by atoms with Gasteiger partial charge >= 0.3 is 6.09 Å². The van der Waals surface area contributed by atoms with Gasteiger partial charge in [0, 0.05) is 19.6 Å². The summed E-state index contributed by atoms with van der Waals surface area (Å²) in [6, 6.07) is 21.1. The van der Waals surface area contributed by atoms with Crippen LogP contribution >= 0.6 is 0 Å². The van der Waals surface area contributed by atoms with Gasteiger partial charge in [0.1, 0.15) is 12.6 Å². The Kier molecular flexibility index (Phi) is 11.9. The third-order valence-electron chi connectivity index (χ3n) is 8.35. The van der Waals surface area contributed by atoms with E-state index in [0.29, 0.717) is 19.4 Å². The van der Waals surface area contributed by atoms with Crippen molar-refractivity contribution in [3.05, 3.63) is 83.9 Å². The molecule has 0 aromatic heterocycles. The van der Waals surface area contributed by atoms with Crippen LogP contribution in [0, 0.1) is 17.8 Å². The fourth-order valence-electron chi connectivity index (χ4n) is 5.35. The Morgan fingerprint density at radius 2 is 1.52 bits per heavy atom. The first-order valence-electron chi connectivity index (χ1n) is 15.9. The van der Waals surface area contributed by atoms with E-state index in [9.17, 15) is 24.0 Å². The van der Waals surface area contributed by atoms with Gasteiger partial charge < -0.3 is 25.6 Å². The average molecular weight is 629 g/mol. The van der Waals surface area contributed by atoms with Gasteiger partial charge in [-0.1, -0.05) is 101 Å². The van der Waals surface area contributed by atoms with E-state index < -0.39 is 41.7 Å². The summed E-state index contributed by atoms with van der Waals surface area (Å²) >= 11 is 0. The molecule has 0 saturated carbocycles. The minimum absolute atomic E-state index is 0.0451. The molecule has 10 heteroatoms. The Bertz CT molecular complexity index is 1540. The highest BCUT2D eigenvalue weighted by atomic mass is 16.5. The number of rotatable bonds is 14. The number of benzene rings is 3. The van der Waals surface area contributed by atoms with E-state index in [-0.39, 0.29) is 37.4 Å². The van der Waals surface area contributed by atoms with Crippen LogP contribution in [0.1, 0.15) is 51.7 Å². The molecule has 0 bridgehead atoms. The zero-order chi connectivity index (χ0) is 33.2. The molecule has 0 radical (unpaired) electrons. The maximum Gasteiger partial charge on any atom is 0.408 e. The highest BCUT2D eigenvalue weighted by Gasteiger charge is 2.41. The third kappa shape index (κ3) is 9.15. The molecule has 1 aliphatic rings. The lowest BCUT2D eigenvalue weighted by atomic mass is 9.91. The number of nitrogens with zero attached hydrogens (tertiary/aromatic N) is 1. The molecule has 3 aromatic rings. The summed E-state index contributed by atoms with van der Waals surface area (Å²) in [4.78, 5) is 66.7. The molecule has 3 N–H and O–H groups in total. The minimum atomic E-state index is -1.08. The molecule has 1 fully saturated rings. The zero-order valence-electron chi connectivity index (χ0n) is 27.0. The van der Waals surface area contributed by atoms with Gasteiger partial charge in [-0.2, -0.15) is 0 Å². The monoisotopic (exact) mass is 628 g/mol. The van der Waals surface area contributed by atoms with Crippen molar-refractivity contribution in [3.8, 4) is 0 Å². The summed E-state index contributed by atoms with van der Waals surface area (Å²) in [5.74, 6) is -2.94. The van der Waals surface area contributed by atoms with E-state index >= 15 is 0 Å². The lowest BCUT2D eigenvalue weighted by molar-refractivity contribution is -0.153. The van der Waals surface area contributed by atoms with Gasteiger partial charge in [0.25, 0.3) is 5.91 Å². The van der Waals surface area contributed by atoms with Crippen LogP contribution in [0.4, 0.5) is 4.79 Å². The number of fused-ring (bicyclic) bond motifs is 1. The highest BCUT2D eigenvalue weighted by Crippen LogP contribution is 2.20. The number of hydrogen-bond donors (Lipinski definition) is 3. The van der Waals surface area contributed by atoms with Crippen LogP contribution in [0.25, 0.3) is 10.8 Å². The van der Waals surface area contributed by atoms with Crippen LogP contribution in [0.5, 0.6) is 0 Å². The molecule has 1 unspecified atom stereocenters. The molecule has 244 valence electrons. The van der Waals surface area contributed by atoms with Crippen LogP contribution in [0.15, 0.2) is 72.8 Å². The number of likely N-dealkylation sites (tertiary alicyclic amines) is 1. The summed E-state index contributed by atoms with van der Waals surface area (Å²) in [6.07, 6.45) is 0.0900. The van der Waals surface area contributed by atoms with Gasteiger partial charge in [-0.15, -0.1) is 0 Å². The van der Waals surface area contributed by atoms with Crippen molar-refractivity contribution >= 4 is 40.4 Å². The first-order chi connectivity index (χ1) is 22.0. The zero-order valence-corrected chi connectivity index (χ0v) is 27.0. The normalized spacial score (nSPS) is 14.9. The number of carbonyl (C=O) groups excluding carboxylic acids is 5. The second-order valence-electron chi connectivity index (χ2n) is 12.4. The average Bonchev–Trinajstić information content (AvgIpc) is 3.03. The second-order valence-corrected chi connectivity index (χ2v) is 12.4. The Hall–Kier alpha value is -4.73. The van der Waals surface area contributed by atoms with Gasteiger partial charge in [-0.25, -0.2) is 4.79 Å². The van der Waals surface area contributed by atoms with E-state index in [1.165, 1.54) is 4.90 Å². The maximum absolute atomic E-state index is 13.4. The lowest BCUT2D eigenvalue weighted by Gasteiger charge is -2.38. The summed E-state index contributed by atoms with van der Waals surface area (Å²) in [5.41, 5.74) is 1.77. The quantitative estimate of drug-likeness (QED) is 0.227. The van der Waals surface area contributed by atoms with E-state index in [2.05, 4.69) is 16.0 Å². The number of nitrogens with one attached hydrogen (secondary N) is 3. The topological polar surface area (TPSA) is 134 Å². The van der Waals surface area contributed by atoms with Gasteiger partial charge in [0.15, 0.2) is 0 Å². The van der Waals surface area contributed by atoms with Crippen LogP contribution in [0.2, 0.25) is 0 Å². The second kappa shape index (κ2) is 16.0. The molecular formula is C36H44N4O6. The van der Waals surface area contributed by atoms with Crippen LogP contribution in [0.3, 0.4) is 0 Å². The number of Topliss-reactive ketones (excluding diaryl/α,β-unsaturated/α-hetero) is 1. The van der Waals surface area contributed by atoms with Crippen molar-refractivity contribution in [3.63, 3.8) is 0 Å². The van der Waals surface area contributed by atoms with Crippen LogP contribution in [-0.2, 0) is 37.1 Å². The SMILES string of the molecule is CC[C@H](C)C(NC(=O)[C@H](CC(C)C)NC(=O)OCc1ccccc1)C(=O)C(=O)N1CC(C(=O)NCc2ccc3ccccc3c2)C1. The lowest BCUT2D eigenvalue weighted by Crippen LogP contribution is -2.61. The molecule has 0 spiro atoms. The molecule has 1 heterocycles. The summed E-state index contributed by atoms with van der Waals surface area (Å²) in [6.45, 7) is 8.14. The first kappa shape index (κ1) is 34.1. The highest BCUT2D eigenvalue weighted by molar-refractivity contribution is 6.38. The predicted octanol–water partition coefficient (Wildman–Crippen LogP) is 4.36. The Labute approximate surface area is 270 Å². The number of hydrogen-bond acceptors (Lipinski definition) is 6. The van der Waals surface area contributed by atoms with E-state index in [1.54, 1.807) is 6.92 Å².